The summed E-state index contributed by atoms with van der Waals surface area (Å²) in [5, 5.41) is 4.09. The maximum absolute atomic E-state index is 11.5. The van der Waals surface area contributed by atoms with Gasteiger partial charge in [-0.25, -0.2) is 14.5 Å². The average Bonchev–Trinajstić information content (AvgIpc) is 2.86. The van der Waals surface area contributed by atoms with Crippen LogP contribution in [0.3, 0.4) is 0 Å². The van der Waals surface area contributed by atoms with Gasteiger partial charge in [-0.1, -0.05) is 6.92 Å². The number of esters is 1. The number of carbonyl (C=O) groups excluding carboxylic acids is 1. The fourth-order valence-electron chi connectivity index (χ4n) is 1.63. The van der Waals surface area contributed by atoms with Crippen molar-refractivity contribution in [1.29, 1.82) is 0 Å². The van der Waals surface area contributed by atoms with E-state index in [9.17, 15) is 4.79 Å². The maximum atomic E-state index is 11.5. The van der Waals surface area contributed by atoms with E-state index >= 15 is 0 Å². The Kier molecular flexibility index (Phi) is 4.19. The van der Waals surface area contributed by atoms with Gasteiger partial charge in [0.2, 0.25) is 0 Å². The van der Waals surface area contributed by atoms with Gasteiger partial charge in [0.05, 0.1) is 25.6 Å². The summed E-state index contributed by atoms with van der Waals surface area (Å²) in [5.74, 6) is 0.462. The third-order valence-corrected chi connectivity index (χ3v) is 2.55. The highest BCUT2D eigenvalue weighted by molar-refractivity contribution is 5.92. The molecule has 0 aromatic carbocycles. The molecule has 0 aliphatic rings. The molecule has 7 nitrogen and oxygen atoms in total. The quantitative estimate of drug-likeness (QED) is 0.830. The fraction of sp³-hybridized carbons (Fsp3) is 0.308. The summed E-state index contributed by atoms with van der Waals surface area (Å²) in [7, 11) is 1.28. The van der Waals surface area contributed by atoms with Crippen molar-refractivity contribution >= 4 is 11.7 Å². The number of hydrogen-bond donors (Lipinski definition) is 1. The Balaban J connectivity index is 2.39. The summed E-state index contributed by atoms with van der Waals surface area (Å²) in [6.07, 6.45) is 4.00. The molecule has 0 bridgehead atoms. The SMILES string of the molecule is CCCOc1cccnc1-n1cc(N)c(C(=O)OC)n1. The van der Waals surface area contributed by atoms with Crippen LogP contribution in [0.4, 0.5) is 5.69 Å². The van der Waals surface area contributed by atoms with Crippen LogP contribution in [0.25, 0.3) is 5.82 Å². The third-order valence-electron chi connectivity index (χ3n) is 2.55. The van der Waals surface area contributed by atoms with Crippen molar-refractivity contribution < 1.29 is 14.3 Å². The van der Waals surface area contributed by atoms with Crippen molar-refractivity contribution in [3.8, 4) is 11.6 Å². The molecule has 0 aliphatic heterocycles. The number of aromatic nitrogens is 3. The predicted octanol–water partition coefficient (Wildman–Crippen LogP) is 1.42. The van der Waals surface area contributed by atoms with Gasteiger partial charge >= 0.3 is 5.97 Å². The largest absolute Gasteiger partial charge is 0.490 e. The molecule has 0 fully saturated rings. The second-order valence-corrected chi connectivity index (χ2v) is 4.04. The highest BCUT2D eigenvalue weighted by Gasteiger charge is 2.18. The molecule has 106 valence electrons. The molecule has 0 atom stereocenters. The number of nitrogens with two attached hydrogens (primary N) is 1. The summed E-state index contributed by atoms with van der Waals surface area (Å²) < 4.78 is 11.6. The van der Waals surface area contributed by atoms with Crippen LogP contribution in [0.15, 0.2) is 24.5 Å². The lowest BCUT2D eigenvalue weighted by Gasteiger charge is -2.09. The van der Waals surface area contributed by atoms with E-state index < -0.39 is 5.97 Å². The molecule has 2 aromatic heterocycles. The van der Waals surface area contributed by atoms with Crippen molar-refractivity contribution in [2.24, 2.45) is 0 Å². The first kappa shape index (κ1) is 13.9. The lowest BCUT2D eigenvalue weighted by molar-refractivity contribution is 0.0594. The first-order valence-corrected chi connectivity index (χ1v) is 6.19. The van der Waals surface area contributed by atoms with Gasteiger partial charge in [-0.15, -0.1) is 0 Å². The minimum absolute atomic E-state index is 0.0552. The van der Waals surface area contributed by atoms with Crippen molar-refractivity contribution in [3.63, 3.8) is 0 Å². The van der Waals surface area contributed by atoms with E-state index in [0.29, 0.717) is 18.2 Å². The van der Waals surface area contributed by atoms with E-state index in [4.69, 9.17) is 10.5 Å². The van der Waals surface area contributed by atoms with Crippen LogP contribution in [0.2, 0.25) is 0 Å². The molecule has 2 aromatic rings. The molecule has 0 saturated heterocycles. The van der Waals surface area contributed by atoms with Crippen LogP contribution < -0.4 is 10.5 Å². The Morgan fingerprint density at radius 1 is 1.50 bits per heavy atom. The molecule has 0 aliphatic carbocycles. The van der Waals surface area contributed by atoms with E-state index in [-0.39, 0.29) is 11.4 Å². The van der Waals surface area contributed by atoms with Crippen LogP contribution in [0.1, 0.15) is 23.8 Å². The van der Waals surface area contributed by atoms with E-state index in [1.54, 1.807) is 18.3 Å². The highest BCUT2D eigenvalue weighted by Crippen LogP contribution is 2.22. The molecule has 2 N–H and O–H groups in total. The van der Waals surface area contributed by atoms with Crippen molar-refractivity contribution in [2.45, 2.75) is 13.3 Å². The molecule has 7 heteroatoms. The van der Waals surface area contributed by atoms with Crippen molar-refractivity contribution in [3.05, 3.63) is 30.2 Å². The van der Waals surface area contributed by atoms with Gasteiger partial charge in [0, 0.05) is 6.20 Å². The number of nitrogen functional groups attached to an aromatic ring is 1. The Morgan fingerprint density at radius 3 is 3.00 bits per heavy atom. The van der Waals surface area contributed by atoms with Crippen molar-refractivity contribution in [1.82, 2.24) is 14.8 Å². The summed E-state index contributed by atoms with van der Waals surface area (Å²) in [6, 6.07) is 3.55. The number of methoxy groups -OCH3 is 1. The molecule has 0 amide bonds. The number of nitrogens with zero attached hydrogens (tertiary/aromatic N) is 3. The van der Waals surface area contributed by atoms with Gasteiger partial charge in [0.25, 0.3) is 0 Å². The van der Waals surface area contributed by atoms with Gasteiger partial charge < -0.3 is 15.2 Å². The topological polar surface area (TPSA) is 92.3 Å². The lowest BCUT2D eigenvalue weighted by atomic mass is 10.4. The van der Waals surface area contributed by atoms with Gasteiger partial charge in [-0.2, -0.15) is 5.10 Å². The molecule has 2 rings (SSSR count). The van der Waals surface area contributed by atoms with Gasteiger partial charge in [0.15, 0.2) is 17.3 Å². The van der Waals surface area contributed by atoms with Crippen LogP contribution in [0, 0.1) is 0 Å². The zero-order valence-electron chi connectivity index (χ0n) is 11.4. The standard InChI is InChI=1S/C13H16N4O3/c1-3-7-20-10-5-4-6-15-12(10)17-8-9(14)11(16-17)13(18)19-2/h4-6,8H,3,7,14H2,1-2H3. The van der Waals surface area contributed by atoms with E-state index in [0.717, 1.165) is 6.42 Å². The molecule has 0 radical (unpaired) electrons. The lowest BCUT2D eigenvalue weighted by Crippen LogP contribution is -2.07. The van der Waals surface area contributed by atoms with Crippen LogP contribution >= 0.6 is 0 Å². The Morgan fingerprint density at radius 2 is 2.30 bits per heavy atom. The second-order valence-electron chi connectivity index (χ2n) is 4.04. The minimum atomic E-state index is -0.590. The summed E-state index contributed by atoms with van der Waals surface area (Å²) in [4.78, 5) is 15.7. The summed E-state index contributed by atoms with van der Waals surface area (Å²) in [5.41, 5.74) is 6.03. The molecule has 0 unspecified atom stereocenters. The molecule has 20 heavy (non-hydrogen) atoms. The van der Waals surface area contributed by atoms with E-state index in [1.807, 2.05) is 6.92 Å². The van der Waals surface area contributed by atoms with Gasteiger partial charge in [0.1, 0.15) is 0 Å². The highest BCUT2D eigenvalue weighted by atomic mass is 16.5. The average molecular weight is 276 g/mol. The first-order chi connectivity index (χ1) is 9.67. The Hall–Kier alpha value is -2.57. The normalized spacial score (nSPS) is 10.3. The molecule has 2 heterocycles. The monoisotopic (exact) mass is 276 g/mol. The smallest absolute Gasteiger partial charge is 0.360 e. The van der Waals surface area contributed by atoms with Crippen LogP contribution in [-0.4, -0.2) is 34.5 Å². The Bertz CT molecular complexity index is 609. The second kappa shape index (κ2) is 6.05. The Labute approximate surface area is 116 Å². The number of rotatable bonds is 5. The number of anilines is 1. The fourth-order valence-corrected chi connectivity index (χ4v) is 1.63. The van der Waals surface area contributed by atoms with Gasteiger partial charge in [-0.3, -0.25) is 0 Å². The molecule has 0 spiro atoms. The first-order valence-electron chi connectivity index (χ1n) is 6.19. The maximum Gasteiger partial charge on any atom is 0.360 e. The molecule has 0 saturated carbocycles. The predicted molar refractivity (Wildman–Crippen MR) is 72.9 cm³/mol. The zero-order valence-corrected chi connectivity index (χ0v) is 11.4. The molecular formula is C13H16N4O3. The van der Waals surface area contributed by atoms with E-state index in [2.05, 4.69) is 14.8 Å². The third kappa shape index (κ3) is 2.71. The van der Waals surface area contributed by atoms with Crippen LogP contribution in [0.5, 0.6) is 5.75 Å². The number of carbonyl (C=O) groups is 1. The number of hydrogen-bond acceptors (Lipinski definition) is 6. The zero-order chi connectivity index (χ0) is 14.5. The number of pyridine rings is 1. The summed E-state index contributed by atoms with van der Waals surface area (Å²) in [6.45, 7) is 2.58. The minimum Gasteiger partial charge on any atom is -0.490 e. The van der Waals surface area contributed by atoms with Crippen LogP contribution in [-0.2, 0) is 4.74 Å². The number of ether oxygens (including phenoxy) is 2. The van der Waals surface area contributed by atoms with Gasteiger partial charge in [-0.05, 0) is 18.6 Å². The van der Waals surface area contributed by atoms with E-state index in [1.165, 1.54) is 18.0 Å². The molecular weight excluding hydrogens is 260 g/mol. The summed E-state index contributed by atoms with van der Waals surface area (Å²) >= 11 is 0. The van der Waals surface area contributed by atoms with Crippen molar-refractivity contribution in [2.75, 3.05) is 19.5 Å².